The van der Waals surface area contributed by atoms with E-state index in [0.29, 0.717) is 6.54 Å². The van der Waals surface area contributed by atoms with Gasteiger partial charge in [0.1, 0.15) is 5.75 Å². The predicted molar refractivity (Wildman–Crippen MR) is 61.4 cm³/mol. The molecule has 15 heavy (non-hydrogen) atoms. The second-order valence-corrected chi connectivity index (χ2v) is 3.77. The van der Waals surface area contributed by atoms with Crippen molar-refractivity contribution in [3.05, 3.63) is 22.7 Å². The van der Waals surface area contributed by atoms with E-state index in [1.807, 2.05) is 18.2 Å². The van der Waals surface area contributed by atoms with Crippen LogP contribution in [0.1, 0.15) is 6.42 Å². The van der Waals surface area contributed by atoms with E-state index in [-0.39, 0.29) is 6.42 Å². The number of benzene rings is 1. The molecule has 1 rings (SSSR count). The molecule has 0 radical (unpaired) electrons. The molecule has 82 valence electrons. The highest BCUT2D eigenvalue weighted by molar-refractivity contribution is 9.10. The third kappa shape index (κ3) is 3.79. The second kappa shape index (κ2) is 5.60. The highest BCUT2D eigenvalue weighted by Crippen LogP contribution is 2.27. The smallest absolute Gasteiger partial charge is 0.305 e. The van der Waals surface area contributed by atoms with E-state index in [4.69, 9.17) is 9.84 Å². The van der Waals surface area contributed by atoms with Gasteiger partial charge in [0.15, 0.2) is 0 Å². The van der Waals surface area contributed by atoms with Crippen molar-refractivity contribution in [3.8, 4) is 5.75 Å². The number of ether oxygens (including phenoxy) is 1. The number of hydrogen-bond acceptors (Lipinski definition) is 3. The van der Waals surface area contributed by atoms with Gasteiger partial charge in [-0.3, -0.25) is 4.79 Å². The number of hydrogen-bond donors (Lipinski definition) is 2. The summed E-state index contributed by atoms with van der Waals surface area (Å²) in [6, 6.07) is 5.52. The Morgan fingerprint density at radius 3 is 2.93 bits per heavy atom. The molecular weight excluding hydrogens is 262 g/mol. The summed E-state index contributed by atoms with van der Waals surface area (Å²) in [5.41, 5.74) is 0.844. The summed E-state index contributed by atoms with van der Waals surface area (Å²) in [5, 5.41) is 11.5. The maximum Gasteiger partial charge on any atom is 0.305 e. The Balaban J connectivity index is 2.58. The minimum absolute atomic E-state index is 0.0956. The maximum atomic E-state index is 10.3. The van der Waals surface area contributed by atoms with Crippen LogP contribution in [0.5, 0.6) is 5.75 Å². The molecule has 0 amide bonds. The first-order valence-corrected chi connectivity index (χ1v) is 5.22. The Morgan fingerprint density at radius 2 is 2.33 bits per heavy atom. The van der Waals surface area contributed by atoms with Gasteiger partial charge in [-0.2, -0.15) is 0 Å². The van der Waals surface area contributed by atoms with Gasteiger partial charge >= 0.3 is 5.97 Å². The zero-order valence-electron chi connectivity index (χ0n) is 8.29. The normalized spacial score (nSPS) is 9.73. The summed E-state index contributed by atoms with van der Waals surface area (Å²) in [5.74, 6) is -0.0955. The third-order valence-corrected chi connectivity index (χ3v) is 2.47. The second-order valence-electron chi connectivity index (χ2n) is 2.92. The van der Waals surface area contributed by atoms with E-state index < -0.39 is 5.97 Å². The molecular formula is C10H12BrNO3. The zero-order chi connectivity index (χ0) is 11.3. The highest BCUT2D eigenvalue weighted by Gasteiger charge is 2.01. The largest absolute Gasteiger partial charge is 0.495 e. The fourth-order valence-corrected chi connectivity index (χ4v) is 1.49. The van der Waals surface area contributed by atoms with E-state index in [0.717, 1.165) is 15.9 Å². The molecule has 1 aromatic rings. The summed E-state index contributed by atoms with van der Waals surface area (Å²) in [6.45, 7) is 0.403. The minimum atomic E-state index is -0.813. The number of carboxylic acids is 1. The molecule has 0 unspecified atom stereocenters. The molecule has 0 atom stereocenters. The number of anilines is 1. The van der Waals surface area contributed by atoms with Gasteiger partial charge in [-0.05, 0) is 28.1 Å². The Kier molecular flexibility index (Phi) is 4.42. The Hall–Kier alpha value is -1.23. The lowest BCUT2D eigenvalue weighted by atomic mass is 10.3. The molecule has 0 aliphatic heterocycles. The van der Waals surface area contributed by atoms with Crippen LogP contribution in [0, 0.1) is 0 Å². The average Bonchev–Trinajstić information content (AvgIpc) is 2.20. The highest BCUT2D eigenvalue weighted by atomic mass is 79.9. The number of aliphatic carboxylic acids is 1. The summed E-state index contributed by atoms with van der Waals surface area (Å²) in [6.07, 6.45) is 0.0956. The lowest BCUT2D eigenvalue weighted by Crippen LogP contribution is -2.07. The van der Waals surface area contributed by atoms with Gasteiger partial charge in [0.25, 0.3) is 0 Å². The first-order valence-electron chi connectivity index (χ1n) is 4.42. The van der Waals surface area contributed by atoms with Crippen molar-refractivity contribution in [1.82, 2.24) is 0 Å². The van der Waals surface area contributed by atoms with Gasteiger partial charge in [0.2, 0.25) is 0 Å². The van der Waals surface area contributed by atoms with Crippen LogP contribution in [0.2, 0.25) is 0 Å². The van der Waals surface area contributed by atoms with Gasteiger partial charge in [-0.25, -0.2) is 0 Å². The van der Waals surface area contributed by atoms with E-state index in [2.05, 4.69) is 21.2 Å². The van der Waals surface area contributed by atoms with Crippen molar-refractivity contribution in [2.24, 2.45) is 0 Å². The number of carboxylic acid groups (broad SMARTS) is 1. The van der Waals surface area contributed by atoms with Crippen LogP contribution in [-0.2, 0) is 4.79 Å². The standard InChI is InChI=1S/C10H12BrNO3/c1-15-9-6-7(2-3-8(9)11)12-5-4-10(13)14/h2-3,6,12H,4-5H2,1H3,(H,13,14). The molecule has 0 bridgehead atoms. The monoisotopic (exact) mass is 273 g/mol. The molecule has 0 aliphatic carbocycles. The van der Waals surface area contributed by atoms with Crippen molar-refractivity contribution in [1.29, 1.82) is 0 Å². The Morgan fingerprint density at radius 1 is 1.60 bits per heavy atom. The van der Waals surface area contributed by atoms with Gasteiger partial charge in [-0.15, -0.1) is 0 Å². The van der Waals surface area contributed by atoms with E-state index in [1.54, 1.807) is 7.11 Å². The maximum absolute atomic E-state index is 10.3. The number of rotatable bonds is 5. The summed E-state index contributed by atoms with van der Waals surface area (Å²) in [4.78, 5) is 10.3. The van der Waals surface area contributed by atoms with Crippen molar-refractivity contribution in [2.75, 3.05) is 19.0 Å². The SMILES string of the molecule is COc1cc(NCCC(=O)O)ccc1Br. The van der Waals surface area contributed by atoms with Crippen molar-refractivity contribution in [2.45, 2.75) is 6.42 Å². The van der Waals surface area contributed by atoms with Crippen molar-refractivity contribution >= 4 is 27.6 Å². The van der Waals surface area contributed by atoms with Crippen molar-refractivity contribution in [3.63, 3.8) is 0 Å². The molecule has 0 saturated carbocycles. The molecule has 4 nitrogen and oxygen atoms in total. The number of nitrogens with one attached hydrogen (secondary N) is 1. The van der Waals surface area contributed by atoms with E-state index in [9.17, 15) is 4.79 Å². The lowest BCUT2D eigenvalue weighted by Gasteiger charge is -2.08. The summed E-state index contributed by atoms with van der Waals surface area (Å²) in [7, 11) is 1.58. The molecule has 0 aromatic heterocycles. The first-order chi connectivity index (χ1) is 7.13. The molecule has 1 aromatic carbocycles. The molecule has 5 heteroatoms. The topological polar surface area (TPSA) is 58.6 Å². The average molecular weight is 274 g/mol. The number of methoxy groups -OCH3 is 1. The van der Waals surface area contributed by atoms with Crippen LogP contribution in [0.4, 0.5) is 5.69 Å². The van der Waals surface area contributed by atoms with E-state index in [1.165, 1.54) is 0 Å². The van der Waals surface area contributed by atoms with Gasteiger partial charge in [0, 0.05) is 18.3 Å². The molecule has 0 spiro atoms. The number of halogens is 1. The van der Waals surface area contributed by atoms with Crippen LogP contribution in [-0.4, -0.2) is 24.7 Å². The fourth-order valence-electron chi connectivity index (χ4n) is 1.08. The zero-order valence-corrected chi connectivity index (χ0v) is 9.87. The Labute approximate surface area is 96.4 Å². The third-order valence-electron chi connectivity index (χ3n) is 1.82. The van der Waals surface area contributed by atoms with Crippen LogP contribution >= 0.6 is 15.9 Å². The van der Waals surface area contributed by atoms with Gasteiger partial charge in [-0.1, -0.05) is 0 Å². The van der Waals surface area contributed by atoms with Crippen LogP contribution in [0.15, 0.2) is 22.7 Å². The molecule has 0 heterocycles. The van der Waals surface area contributed by atoms with Gasteiger partial charge in [0.05, 0.1) is 18.0 Å². The molecule has 0 fully saturated rings. The van der Waals surface area contributed by atoms with Gasteiger partial charge < -0.3 is 15.2 Å². The molecule has 0 aliphatic rings. The quantitative estimate of drug-likeness (QED) is 0.865. The predicted octanol–water partition coefficient (Wildman–Crippen LogP) is 2.34. The van der Waals surface area contributed by atoms with Crippen LogP contribution in [0.25, 0.3) is 0 Å². The summed E-state index contributed by atoms with van der Waals surface area (Å²) < 4.78 is 5.98. The first kappa shape index (κ1) is 11.8. The number of carbonyl (C=O) groups is 1. The Bertz CT molecular complexity index is 355. The molecule has 0 saturated heterocycles. The van der Waals surface area contributed by atoms with Crippen LogP contribution in [0.3, 0.4) is 0 Å². The molecule has 2 N–H and O–H groups in total. The lowest BCUT2D eigenvalue weighted by molar-refractivity contribution is -0.136. The minimum Gasteiger partial charge on any atom is -0.495 e. The van der Waals surface area contributed by atoms with E-state index >= 15 is 0 Å². The van der Waals surface area contributed by atoms with Crippen molar-refractivity contribution < 1.29 is 14.6 Å². The van der Waals surface area contributed by atoms with Crippen LogP contribution < -0.4 is 10.1 Å². The summed E-state index contributed by atoms with van der Waals surface area (Å²) >= 11 is 3.34. The fraction of sp³-hybridized carbons (Fsp3) is 0.300.